The minimum Gasteiger partial charge on any atom is -0.355 e. The van der Waals surface area contributed by atoms with E-state index in [0.717, 1.165) is 5.69 Å². The standard InChI is InChI=1S/C16H15N3O2/c1-11(2)12-4-3-5-14(8-12)18-15-6-7-16(19(20)21)13(9-15)10-17/h3-9,11,18H,1-2H3. The van der Waals surface area contributed by atoms with Crippen LogP contribution in [-0.2, 0) is 0 Å². The zero-order valence-electron chi connectivity index (χ0n) is 11.8. The Balaban J connectivity index is 2.30. The third-order valence-corrected chi connectivity index (χ3v) is 3.16. The number of nitrogens with one attached hydrogen (secondary N) is 1. The van der Waals surface area contributed by atoms with Gasteiger partial charge in [-0.25, -0.2) is 0 Å². The maximum absolute atomic E-state index is 10.8. The molecule has 0 aromatic heterocycles. The van der Waals surface area contributed by atoms with Crippen LogP contribution < -0.4 is 5.32 Å². The van der Waals surface area contributed by atoms with Gasteiger partial charge in [0.1, 0.15) is 11.6 Å². The Labute approximate surface area is 123 Å². The lowest BCUT2D eigenvalue weighted by Gasteiger charge is -2.10. The lowest BCUT2D eigenvalue weighted by atomic mass is 10.0. The molecule has 0 saturated carbocycles. The van der Waals surface area contributed by atoms with Crippen LogP contribution in [0.25, 0.3) is 0 Å². The number of nitriles is 1. The topological polar surface area (TPSA) is 79.0 Å². The molecule has 2 rings (SSSR count). The molecule has 1 N–H and O–H groups in total. The van der Waals surface area contributed by atoms with E-state index < -0.39 is 4.92 Å². The summed E-state index contributed by atoms with van der Waals surface area (Å²) in [6.45, 7) is 4.22. The minimum absolute atomic E-state index is 0.0463. The van der Waals surface area contributed by atoms with Crippen LogP contribution in [0.5, 0.6) is 0 Å². The van der Waals surface area contributed by atoms with Crippen molar-refractivity contribution >= 4 is 17.1 Å². The average molecular weight is 281 g/mol. The van der Waals surface area contributed by atoms with Gasteiger partial charge in [-0.15, -0.1) is 0 Å². The van der Waals surface area contributed by atoms with Crippen molar-refractivity contribution in [3.63, 3.8) is 0 Å². The minimum atomic E-state index is -0.554. The van der Waals surface area contributed by atoms with Crippen molar-refractivity contribution in [1.29, 1.82) is 5.26 Å². The highest BCUT2D eigenvalue weighted by Gasteiger charge is 2.13. The van der Waals surface area contributed by atoms with E-state index in [4.69, 9.17) is 5.26 Å². The van der Waals surface area contributed by atoms with Gasteiger partial charge >= 0.3 is 0 Å². The summed E-state index contributed by atoms with van der Waals surface area (Å²) in [5.41, 5.74) is 2.60. The van der Waals surface area contributed by atoms with Crippen molar-refractivity contribution in [2.45, 2.75) is 19.8 Å². The van der Waals surface area contributed by atoms with Gasteiger partial charge < -0.3 is 5.32 Å². The second kappa shape index (κ2) is 6.06. The molecule has 0 aliphatic heterocycles. The molecule has 0 saturated heterocycles. The van der Waals surface area contributed by atoms with E-state index in [2.05, 4.69) is 19.2 Å². The Hall–Kier alpha value is -2.87. The summed E-state index contributed by atoms with van der Waals surface area (Å²) in [5.74, 6) is 0.415. The number of anilines is 2. The quantitative estimate of drug-likeness (QED) is 0.668. The summed E-state index contributed by atoms with van der Waals surface area (Å²) in [4.78, 5) is 10.3. The number of benzene rings is 2. The number of hydrogen-bond donors (Lipinski definition) is 1. The van der Waals surface area contributed by atoms with Gasteiger partial charge in [0.2, 0.25) is 0 Å². The first kappa shape index (κ1) is 14.5. The number of nitro benzene ring substituents is 1. The zero-order valence-corrected chi connectivity index (χ0v) is 11.8. The zero-order chi connectivity index (χ0) is 15.4. The molecule has 0 radical (unpaired) electrons. The van der Waals surface area contributed by atoms with E-state index in [1.165, 1.54) is 17.7 Å². The summed E-state index contributed by atoms with van der Waals surface area (Å²) in [5, 5.41) is 23.0. The van der Waals surface area contributed by atoms with Crippen molar-refractivity contribution in [2.24, 2.45) is 0 Å². The Morgan fingerprint density at radius 2 is 1.90 bits per heavy atom. The van der Waals surface area contributed by atoms with Crippen LogP contribution in [0.15, 0.2) is 42.5 Å². The lowest BCUT2D eigenvalue weighted by molar-refractivity contribution is -0.385. The molecule has 0 aliphatic rings. The summed E-state index contributed by atoms with van der Waals surface area (Å²) in [6.07, 6.45) is 0. The van der Waals surface area contributed by atoms with Crippen LogP contribution in [0.1, 0.15) is 30.9 Å². The van der Waals surface area contributed by atoms with Crippen molar-refractivity contribution in [3.8, 4) is 6.07 Å². The third kappa shape index (κ3) is 3.37. The first-order valence-electron chi connectivity index (χ1n) is 6.57. The number of rotatable bonds is 4. The molecule has 21 heavy (non-hydrogen) atoms. The summed E-state index contributed by atoms with van der Waals surface area (Å²) in [7, 11) is 0. The van der Waals surface area contributed by atoms with Crippen LogP contribution in [0.2, 0.25) is 0 Å². The second-order valence-electron chi connectivity index (χ2n) is 5.01. The monoisotopic (exact) mass is 281 g/mol. The van der Waals surface area contributed by atoms with Crippen molar-refractivity contribution in [2.75, 3.05) is 5.32 Å². The molecule has 0 amide bonds. The van der Waals surface area contributed by atoms with Gasteiger partial charge in [-0.3, -0.25) is 10.1 Å². The van der Waals surface area contributed by atoms with E-state index in [0.29, 0.717) is 11.6 Å². The second-order valence-corrected chi connectivity index (χ2v) is 5.01. The predicted octanol–water partition coefficient (Wildman–Crippen LogP) is 4.33. The van der Waals surface area contributed by atoms with Crippen LogP contribution in [0, 0.1) is 21.4 Å². The summed E-state index contributed by atoms with van der Waals surface area (Å²) in [6, 6.07) is 14.2. The van der Waals surface area contributed by atoms with Crippen molar-refractivity contribution in [3.05, 3.63) is 63.7 Å². The molecule has 0 heterocycles. The van der Waals surface area contributed by atoms with Crippen molar-refractivity contribution in [1.82, 2.24) is 0 Å². The van der Waals surface area contributed by atoms with Crippen LogP contribution in [-0.4, -0.2) is 4.92 Å². The molecule has 0 fully saturated rings. The predicted molar refractivity (Wildman–Crippen MR) is 81.6 cm³/mol. The number of nitro groups is 1. The molecular formula is C16H15N3O2. The third-order valence-electron chi connectivity index (χ3n) is 3.16. The SMILES string of the molecule is CC(C)c1cccc(Nc2ccc([N+](=O)[O-])c(C#N)c2)c1. The molecule has 106 valence electrons. The molecular weight excluding hydrogens is 266 g/mol. The highest BCUT2D eigenvalue weighted by molar-refractivity contribution is 5.65. The van der Waals surface area contributed by atoms with Gasteiger partial charge in [0.05, 0.1) is 4.92 Å². The molecule has 2 aromatic rings. The molecule has 2 aromatic carbocycles. The van der Waals surface area contributed by atoms with E-state index in [-0.39, 0.29) is 11.3 Å². The van der Waals surface area contributed by atoms with Crippen molar-refractivity contribution < 1.29 is 4.92 Å². The highest BCUT2D eigenvalue weighted by Crippen LogP contribution is 2.26. The fourth-order valence-corrected chi connectivity index (χ4v) is 2.00. The molecule has 0 spiro atoms. The van der Waals surface area contributed by atoms with Gasteiger partial charge in [-0.1, -0.05) is 26.0 Å². The summed E-state index contributed by atoms with van der Waals surface area (Å²) >= 11 is 0. The molecule has 0 unspecified atom stereocenters. The maximum Gasteiger partial charge on any atom is 0.287 e. The molecule has 5 heteroatoms. The Morgan fingerprint density at radius 3 is 2.52 bits per heavy atom. The average Bonchev–Trinajstić information content (AvgIpc) is 2.47. The largest absolute Gasteiger partial charge is 0.355 e. The van der Waals surface area contributed by atoms with Gasteiger partial charge in [0.25, 0.3) is 5.69 Å². The number of nitrogens with zero attached hydrogens (tertiary/aromatic N) is 2. The molecule has 0 aliphatic carbocycles. The van der Waals surface area contributed by atoms with E-state index in [1.807, 2.05) is 30.3 Å². The van der Waals surface area contributed by atoms with Gasteiger partial charge in [-0.2, -0.15) is 5.26 Å². The first-order valence-corrected chi connectivity index (χ1v) is 6.57. The smallest absolute Gasteiger partial charge is 0.287 e. The number of hydrogen-bond acceptors (Lipinski definition) is 4. The fraction of sp³-hybridized carbons (Fsp3) is 0.188. The first-order chi connectivity index (χ1) is 10.0. The van der Waals surface area contributed by atoms with Crippen LogP contribution >= 0.6 is 0 Å². The Morgan fingerprint density at radius 1 is 1.19 bits per heavy atom. The van der Waals surface area contributed by atoms with Crippen LogP contribution in [0.4, 0.5) is 17.1 Å². The fourth-order valence-electron chi connectivity index (χ4n) is 2.00. The maximum atomic E-state index is 10.8. The molecule has 0 bridgehead atoms. The van der Waals surface area contributed by atoms with Gasteiger partial charge in [0, 0.05) is 17.4 Å². The normalized spacial score (nSPS) is 10.2. The Kier molecular flexibility index (Phi) is 4.19. The van der Waals surface area contributed by atoms with E-state index >= 15 is 0 Å². The van der Waals surface area contributed by atoms with E-state index in [9.17, 15) is 10.1 Å². The highest BCUT2D eigenvalue weighted by atomic mass is 16.6. The van der Waals surface area contributed by atoms with E-state index in [1.54, 1.807) is 6.07 Å². The molecule has 5 nitrogen and oxygen atoms in total. The Bertz CT molecular complexity index is 718. The van der Waals surface area contributed by atoms with Gasteiger partial charge in [-0.05, 0) is 35.7 Å². The van der Waals surface area contributed by atoms with Crippen LogP contribution in [0.3, 0.4) is 0 Å². The van der Waals surface area contributed by atoms with Gasteiger partial charge in [0.15, 0.2) is 0 Å². The molecule has 0 atom stereocenters. The lowest BCUT2D eigenvalue weighted by Crippen LogP contribution is -1.96. The summed E-state index contributed by atoms with van der Waals surface area (Å²) < 4.78 is 0.